The maximum atomic E-state index is 13.2. The Balaban J connectivity index is 1.52. The molecule has 3 aromatic rings. The number of hydrogen-bond donors (Lipinski definition) is 1. The highest BCUT2D eigenvalue weighted by Crippen LogP contribution is 2.32. The minimum Gasteiger partial charge on any atom is -0.493 e. The van der Waals surface area contributed by atoms with Crippen molar-refractivity contribution >= 4 is 17.1 Å². The first-order valence-corrected chi connectivity index (χ1v) is 10.1. The standard InChI is InChI=1S/C22H24N4O2/c1-14-13-16(20-21(23-14)26-11-6-2-3-9-19(26)25-20)22(27)24-17-10-12-28-18-8-5-4-7-15(17)18/h4-5,7-8,13,17H,2-3,6,9-12H2,1H3,(H,24,27). The van der Waals surface area contributed by atoms with E-state index in [1.807, 2.05) is 37.3 Å². The number of carbonyl (C=O) groups is 1. The summed E-state index contributed by atoms with van der Waals surface area (Å²) in [6.07, 6.45) is 5.20. The largest absolute Gasteiger partial charge is 0.493 e. The fourth-order valence-electron chi connectivity index (χ4n) is 4.32. The molecule has 5 rings (SSSR count). The SMILES string of the molecule is Cc1cc(C(=O)NC2CCOc3ccccc32)c2nc3n(c2n1)CCCCC3. The first-order chi connectivity index (χ1) is 13.7. The number of hydrogen-bond acceptors (Lipinski definition) is 4. The summed E-state index contributed by atoms with van der Waals surface area (Å²) in [7, 11) is 0. The highest BCUT2D eigenvalue weighted by atomic mass is 16.5. The molecule has 1 N–H and O–H groups in total. The maximum absolute atomic E-state index is 13.2. The Hall–Kier alpha value is -2.89. The number of imidazole rings is 1. The monoisotopic (exact) mass is 376 g/mol. The molecule has 0 saturated carbocycles. The number of aromatic nitrogens is 3. The highest BCUT2D eigenvalue weighted by molar-refractivity contribution is 6.04. The summed E-state index contributed by atoms with van der Waals surface area (Å²) in [5, 5.41) is 3.21. The van der Waals surface area contributed by atoms with Gasteiger partial charge in [0.25, 0.3) is 5.91 Å². The van der Waals surface area contributed by atoms with Crippen LogP contribution >= 0.6 is 0 Å². The van der Waals surface area contributed by atoms with Crippen molar-refractivity contribution in [2.24, 2.45) is 0 Å². The smallest absolute Gasteiger partial charge is 0.254 e. The number of para-hydroxylation sites is 1. The van der Waals surface area contributed by atoms with Crippen LogP contribution in [-0.4, -0.2) is 27.0 Å². The van der Waals surface area contributed by atoms with Gasteiger partial charge in [-0.3, -0.25) is 4.79 Å². The zero-order chi connectivity index (χ0) is 19.1. The van der Waals surface area contributed by atoms with Crippen LogP contribution in [0, 0.1) is 6.92 Å². The lowest BCUT2D eigenvalue weighted by Crippen LogP contribution is -2.32. The van der Waals surface area contributed by atoms with Gasteiger partial charge in [-0.25, -0.2) is 9.97 Å². The Bertz CT molecular complexity index is 1060. The Labute approximate surface area is 163 Å². The fraction of sp³-hybridized carbons (Fsp3) is 0.409. The molecule has 4 heterocycles. The number of rotatable bonds is 2. The lowest BCUT2D eigenvalue weighted by Gasteiger charge is -2.26. The molecule has 1 unspecified atom stereocenters. The van der Waals surface area contributed by atoms with Gasteiger partial charge in [0, 0.05) is 30.6 Å². The van der Waals surface area contributed by atoms with Crippen LogP contribution in [0.5, 0.6) is 5.75 Å². The molecule has 0 saturated heterocycles. The van der Waals surface area contributed by atoms with E-state index in [1.165, 1.54) is 6.42 Å². The van der Waals surface area contributed by atoms with Crippen molar-refractivity contribution in [1.82, 2.24) is 19.9 Å². The van der Waals surface area contributed by atoms with Gasteiger partial charge in [-0.05, 0) is 31.9 Å². The van der Waals surface area contributed by atoms with E-state index < -0.39 is 0 Å². The van der Waals surface area contributed by atoms with E-state index in [1.54, 1.807) is 0 Å². The second-order valence-electron chi connectivity index (χ2n) is 7.67. The van der Waals surface area contributed by atoms with E-state index >= 15 is 0 Å². The topological polar surface area (TPSA) is 69.0 Å². The van der Waals surface area contributed by atoms with E-state index in [9.17, 15) is 4.79 Å². The van der Waals surface area contributed by atoms with Crippen molar-refractivity contribution in [3.05, 3.63) is 53.0 Å². The molecule has 1 atom stereocenters. The number of carbonyl (C=O) groups excluding carboxylic acids is 1. The molecule has 1 aromatic carbocycles. The van der Waals surface area contributed by atoms with Crippen LogP contribution in [0.15, 0.2) is 30.3 Å². The quantitative estimate of drug-likeness (QED) is 0.740. The predicted molar refractivity (Wildman–Crippen MR) is 107 cm³/mol. The minimum absolute atomic E-state index is 0.0542. The molecule has 0 fully saturated rings. The summed E-state index contributed by atoms with van der Waals surface area (Å²) >= 11 is 0. The number of nitrogens with zero attached hydrogens (tertiary/aromatic N) is 3. The molecule has 0 radical (unpaired) electrons. The average Bonchev–Trinajstić information content (AvgIpc) is 2.88. The van der Waals surface area contributed by atoms with Crippen molar-refractivity contribution in [2.75, 3.05) is 6.61 Å². The Morgan fingerprint density at radius 2 is 2.11 bits per heavy atom. The van der Waals surface area contributed by atoms with E-state index in [0.29, 0.717) is 12.2 Å². The second kappa shape index (κ2) is 6.93. The third kappa shape index (κ3) is 2.93. The van der Waals surface area contributed by atoms with Gasteiger partial charge in [0.15, 0.2) is 5.65 Å². The Morgan fingerprint density at radius 3 is 3.04 bits per heavy atom. The normalized spacial score (nSPS) is 18.7. The molecule has 6 heteroatoms. The van der Waals surface area contributed by atoms with Crippen LogP contribution in [0.2, 0.25) is 0 Å². The average molecular weight is 376 g/mol. The number of fused-ring (bicyclic) bond motifs is 4. The van der Waals surface area contributed by atoms with Crippen molar-refractivity contribution < 1.29 is 9.53 Å². The highest BCUT2D eigenvalue weighted by Gasteiger charge is 2.26. The molecule has 2 aromatic heterocycles. The van der Waals surface area contributed by atoms with E-state index in [2.05, 4.69) is 9.88 Å². The van der Waals surface area contributed by atoms with Gasteiger partial charge >= 0.3 is 0 Å². The van der Waals surface area contributed by atoms with Crippen molar-refractivity contribution in [3.63, 3.8) is 0 Å². The number of benzene rings is 1. The molecule has 0 spiro atoms. The van der Waals surface area contributed by atoms with Gasteiger partial charge in [0.1, 0.15) is 17.1 Å². The summed E-state index contributed by atoms with van der Waals surface area (Å²) in [6, 6.07) is 9.71. The summed E-state index contributed by atoms with van der Waals surface area (Å²) < 4.78 is 7.92. The molecule has 0 aliphatic carbocycles. The van der Waals surface area contributed by atoms with Gasteiger partial charge in [0.05, 0.1) is 18.2 Å². The lowest BCUT2D eigenvalue weighted by molar-refractivity contribution is 0.0926. The maximum Gasteiger partial charge on any atom is 0.254 e. The molecule has 28 heavy (non-hydrogen) atoms. The molecule has 144 valence electrons. The van der Waals surface area contributed by atoms with Crippen LogP contribution in [0.3, 0.4) is 0 Å². The third-order valence-electron chi connectivity index (χ3n) is 5.70. The molecule has 2 aliphatic heterocycles. The Kier molecular flexibility index (Phi) is 4.26. The van der Waals surface area contributed by atoms with Gasteiger partial charge in [0.2, 0.25) is 0 Å². The lowest BCUT2D eigenvalue weighted by atomic mass is 10.00. The van der Waals surface area contributed by atoms with E-state index in [0.717, 1.165) is 66.2 Å². The van der Waals surface area contributed by atoms with Gasteiger partial charge < -0.3 is 14.6 Å². The van der Waals surface area contributed by atoms with Gasteiger partial charge in [-0.2, -0.15) is 0 Å². The van der Waals surface area contributed by atoms with Crippen LogP contribution in [0.1, 0.15) is 59.2 Å². The summed E-state index contributed by atoms with van der Waals surface area (Å²) in [5.74, 6) is 1.81. The zero-order valence-corrected chi connectivity index (χ0v) is 16.1. The number of aryl methyl sites for hydroxylation is 3. The number of amides is 1. The molecular formula is C22H24N4O2. The summed E-state index contributed by atoms with van der Waals surface area (Å²) in [4.78, 5) is 22.8. The van der Waals surface area contributed by atoms with Crippen molar-refractivity contribution in [1.29, 1.82) is 0 Å². The molecule has 2 aliphatic rings. The fourth-order valence-corrected chi connectivity index (χ4v) is 4.32. The van der Waals surface area contributed by atoms with Gasteiger partial charge in [-0.15, -0.1) is 0 Å². The molecular weight excluding hydrogens is 352 g/mol. The number of ether oxygens (including phenoxy) is 1. The predicted octanol–water partition coefficient (Wildman–Crippen LogP) is 3.72. The first-order valence-electron chi connectivity index (χ1n) is 10.1. The molecule has 0 bridgehead atoms. The molecule has 1 amide bonds. The van der Waals surface area contributed by atoms with Crippen molar-refractivity contribution in [3.8, 4) is 5.75 Å². The van der Waals surface area contributed by atoms with Crippen LogP contribution < -0.4 is 10.1 Å². The van der Waals surface area contributed by atoms with E-state index in [-0.39, 0.29) is 11.9 Å². The van der Waals surface area contributed by atoms with E-state index in [4.69, 9.17) is 14.7 Å². The van der Waals surface area contributed by atoms with Gasteiger partial charge in [-0.1, -0.05) is 24.6 Å². The van der Waals surface area contributed by atoms with Crippen LogP contribution in [-0.2, 0) is 13.0 Å². The first kappa shape index (κ1) is 17.2. The zero-order valence-electron chi connectivity index (χ0n) is 16.1. The third-order valence-corrected chi connectivity index (χ3v) is 5.70. The minimum atomic E-state index is -0.0922. The second-order valence-corrected chi connectivity index (χ2v) is 7.67. The van der Waals surface area contributed by atoms with Crippen LogP contribution in [0.4, 0.5) is 0 Å². The summed E-state index contributed by atoms with van der Waals surface area (Å²) in [5.41, 5.74) is 4.06. The van der Waals surface area contributed by atoms with Crippen molar-refractivity contribution in [2.45, 2.75) is 51.6 Å². The Morgan fingerprint density at radius 1 is 1.21 bits per heavy atom. The number of pyridine rings is 1. The molecule has 6 nitrogen and oxygen atoms in total. The summed E-state index contributed by atoms with van der Waals surface area (Å²) in [6.45, 7) is 3.47. The number of nitrogens with one attached hydrogen (secondary N) is 1. The van der Waals surface area contributed by atoms with Crippen LogP contribution in [0.25, 0.3) is 11.2 Å².